The van der Waals surface area contributed by atoms with E-state index >= 15 is 0 Å². The van der Waals surface area contributed by atoms with Crippen molar-refractivity contribution in [3.8, 4) is 6.07 Å². The molecule has 2 aromatic carbocycles. The third-order valence-corrected chi connectivity index (χ3v) is 4.24. The number of nitrogens with zero attached hydrogens (tertiary/aromatic N) is 2. The van der Waals surface area contributed by atoms with Gasteiger partial charge in [0.2, 0.25) is 5.91 Å². The van der Waals surface area contributed by atoms with E-state index in [0.717, 1.165) is 11.1 Å². The van der Waals surface area contributed by atoms with Crippen molar-refractivity contribution in [2.24, 2.45) is 0 Å². The van der Waals surface area contributed by atoms with Crippen molar-refractivity contribution < 1.29 is 4.79 Å². The molecule has 2 rings (SSSR count). The first-order chi connectivity index (χ1) is 11.0. The van der Waals surface area contributed by atoms with Gasteiger partial charge in [-0.3, -0.25) is 4.79 Å². The summed E-state index contributed by atoms with van der Waals surface area (Å²) in [6.45, 7) is 4.10. The molecule has 0 saturated heterocycles. The molecular weight excluding hydrogens is 284 g/mol. The molecule has 0 aliphatic carbocycles. The van der Waals surface area contributed by atoms with Crippen molar-refractivity contribution in [2.75, 3.05) is 7.05 Å². The van der Waals surface area contributed by atoms with E-state index in [2.05, 4.69) is 37.3 Å². The normalized spacial score (nSPS) is 11.6. The number of aryl methyl sites for hydroxylation is 2. The Bertz CT molecular complexity index is 696. The van der Waals surface area contributed by atoms with Crippen LogP contribution in [0.4, 0.5) is 0 Å². The molecule has 3 heteroatoms. The van der Waals surface area contributed by atoms with Crippen molar-refractivity contribution in [1.29, 1.82) is 5.26 Å². The van der Waals surface area contributed by atoms with Crippen LogP contribution in [0.1, 0.15) is 41.6 Å². The highest BCUT2D eigenvalue weighted by molar-refractivity contribution is 5.76. The Morgan fingerprint density at radius 3 is 2.30 bits per heavy atom. The minimum atomic E-state index is 0.0593. The fourth-order valence-corrected chi connectivity index (χ4v) is 2.46. The number of amides is 1. The maximum absolute atomic E-state index is 12.4. The van der Waals surface area contributed by atoms with E-state index in [0.29, 0.717) is 18.4 Å². The van der Waals surface area contributed by atoms with Gasteiger partial charge in [-0.2, -0.15) is 5.26 Å². The van der Waals surface area contributed by atoms with E-state index in [4.69, 9.17) is 5.26 Å². The molecule has 0 fully saturated rings. The molecule has 0 aliphatic rings. The van der Waals surface area contributed by atoms with Crippen LogP contribution in [0.25, 0.3) is 0 Å². The van der Waals surface area contributed by atoms with Gasteiger partial charge in [-0.25, -0.2) is 0 Å². The number of hydrogen-bond acceptors (Lipinski definition) is 2. The predicted molar refractivity (Wildman–Crippen MR) is 91.8 cm³/mol. The van der Waals surface area contributed by atoms with Gasteiger partial charge in [0.1, 0.15) is 0 Å². The zero-order chi connectivity index (χ0) is 16.8. The van der Waals surface area contributed by atoms with Crippen molar-refractivity contribution in [3.63, 3.8) is 0 Å². The van der Waals surface area contributed by atoms with Crippen LogP contribution in [0.3, 0.4) is 0 Å². The van der Waals surface area contributed by atoms with Gasteiger partial charge >= 0.3 is 0 Å². The Hall–Kier alpha value is -2.60. The van der Waals surface area contributed by atoms with Gasteiger partial charge < -0.3 is 4.90 Å². The number of nitriles is 1. The fourth-order valence-electron chi connectivity index (χ4n) is 2.46. The monoisotopic (exact) mass is 306 g/mol. The quantitative estimate of drug-likeness (QED) is 0.837. The van der Waals surface area contributed by atoms with Gasteiger partial charge in [-0.1, -0.05) is 42.0 Å². The number of hydrogen-bond donors (Lipinski definition) is 0. The van der Waals surface area contributed by atoms with E-state index in [1.165, 1.54) is 5.56 Å². The number of rotatable bonds is 5. The lowest BCUT2D eigenvalue weighted by Gasteiger charge is -2.25. The maximum atomic E-state index is 12.4. The number of carbonyl (C=O) groups is 1. The van der Waals surface area contributed by atoms with Gasteiger partial charge in [0.15, 0.2) is 0 Å². The average Bonchev–Trinajstić information content (AvgIpc) is 2.59. The summed E-state index contributed by atoms with van der Waals surface area (Å²) in [4.78, 5) is 14.2. The number of carbonyl (C=O) groups excluding carboxylic acids is 1. The molecule has 0 heterocycles. The molecule has 0 aliphatic heterocycles. The molecule has 0 radical (unpaired) electrons. The van der Waals surface area contributed by atoms with Crippen LogP contribution >= 0.6 is 0 Å². The molecular formula is C20H22N2O. The second kappa shape index (κ2) is 7.60. The standard InChI is InChI=1S/C20H22N2O/c1-15-4-11-19(12-5-15)16(2)22(3)20(23)13-10-17-6-8-18(14-21)9-7-17/h4-9,11-12,16H,10,13H2,1-3H3. The Morgan fingerprint density at radius 2 is 1.74 bits per heavy atom. The van der Waals surface area contributed by atoms with Gasteiger partial charge in [0.25, 0.3) is 0 Å². The molecule has 0 bridgehead atoms. The molecule has 0 aromatic heterocycles. The molecule has 0 spiro atoms. The summed E-state index contributed by atoms with van der Waals surface area (Å²) in [5.74, 6) is 0.127. The highest BCUT2D eigenvalue weighted by atomic mass is 16.2. The van der Waals surface area contributed by atoms with Crippen molar-refractivity contribution >= 4 is 5.91 Å². The molecule has 1 amide bonds. The largest absolute Gasteiger partial charge is 0.339 e. The van der Waals surface area contributed by atoms with Crippen LogP contribution < -0.4 is 0 Å². The van der Waals surface area contributed by atoms with Gasteiger partial charge in [0, 0.05) is 13.5 Å². The lowest BCUT2D eigenvalue weighted by molar-refractivity contribution is -0.131. The molecule has 1 atom stereocenters. The molecule has 3 nitrogen and oxygen atoms in total. The summed E-state index contributed by atoms with van der Waals surface area (Å²) in [6.07, 6.45) is 1.16. The lowest BCUT2D eigenvalue weighted by atomic mass is 10.0. The summed E-state index contributed by atoms with van der Waals surface area (Å²) in [6, 6.07) is 17.9. The van der Waals surface area contributed by atoms with Crippen molar-refractivity contribution in [3.05, 3.63) is 70.8 Å². The summed E-state index contributed by atoms with van der Waals surface area (Å²) in [5, 5.41) is 8.80. The summed E-state index contributed by atoms with van der Waals surface area (Å²) < 4.78 is 0. The minimum absolute atomic E-state index is 0.0593. The highest BCUT2D eigenvalue weighted by Crippen LogP contribution is 2.20. The third-order valence-electron chi connectivity index (χ3n) is 4.24. The van der Waals surface area contributed by atoms with Crippen LogP contribution in [0.2, 0.25) is 0 Å². The van der Waals surface area contributed by atoms with Crippen LogP contribution in [-0.4, -0.2) is 17.9 Å². The Balaban J connectivity index is 1.93. The van der Waals surface area contributed by atoms with Crippen LogP contribution in [0.5, 0.6) is 0 Å². The van der Waals surface area contributed by atoms with E-state index < -0.39 is 0 Å². The zero-order valence-electron chi connectivity index (χ0n) is 13.9. The van der Waals surface area contributed by atoms with E-state index in [1.54, 1.807) is 17.0 Å². The van der Waals surface area contributed by atoms with Crippen LogP contribution in [0.15, 0.2) is 48.5 Å². The molecule has 118 valence electrons. The SMILES string of the molecule is Cc1ccc(C(C)N(C)C(=O)CCc2ccc(C#N)cc2)cc1. The second-order valence-electron chi connectivity index (χ2n) is 5.90. The van der Waals surface area contributed by atoms with Gasteiger partial charge in [-0.05, 0) is 43.5 Å². The number of benzene rings is 2. The van der Waals surface area contributed by atoms with Gasteiger partial charge in [0.05, 0.1) is 17.7 Å². The first-order valence-corrected chi connectivity index (χ1v) is 7.82. The molecule has 0 saturated carbocycles. The predicted octanol–water partition coefficient (Wildman–Crippen LogP) is 4.02. The lowest BCUT2D eigenvalue weighted by Crippen LogP contribution is -2.29. The molecule has 0 N–H and O–H groups in total. The van der Waals surface area contributed by atoms with Crippen LogP contribution in [0, 0.1) is 18.3 Å². The minimum Gasteiger partial charge on any atom is -0.339 e. The van der Waals surface area contributed by atoms with E-state index in [-0.39, 0.29) is 11.9 Å². The second-order valence-corrected chi connectivity index (χ2v) is 5.90. The van der Waals surface area contributed by atoms with Crippen LogP contribution in [-0.2, 0) is 11.2 Å². The molecule has 1 unspecified atom stereocenters. The van der Waals surface area contributed by atoms with Crippen molar-refractivity contribution in [1.82, 2.24) is 4.90 Å². The third kappa shape index (κ3) is 4.43. The summed E-state index contributed by atoms with van der Waals surface area (Å²) in [5.41, 5.74) is 4.08. The van der Waals surface area contributed by atoms with E-state index in [1.807, 2.05) is 26.1 Å². The highest BCUT2D eigenvalue weighted by Gasteiger charge is 2.17. The van der Waals surface area contributed by atoms with Gasteiger partial charge in [-0.15, -0.1) is 0 Å². The molecule has 2 aromatic rings. The average molecular weight is 306 g/mol. The fraction of sp³-hybridized carbons (Fsp3) is 0.300. The Morgan fingerprint density at radius 1 is 1.13 bits per heavy atom. The van der Waals surface area contributed by atoms with Crippen molar-refractivity contribution in [2.45, 2.75) is 32.7 Å². The smallest absolute Gasteiger partial charge is 0.223 e. The summed E-state index contributed by atoms with van der Waals surface area (Å²) >= 11 is 0. The maximum Gasteiger partial charge on any atom is 0.223 e. The molecule has 23 heavy (non-hydrogen) atoms. The Kier molecular flexibility index (Phi) is 5.54. The Labute approximate surface area is 138 Å². The summed E-state index contributed by atoms with van der Waals surface area (Å²) in [7, 11) is 1.85. The van der Waals surface area contributed by atoms with E-state index in [9.17, 15) is 4.79 Å². The first kappa shape index (κ1) is 16.8. The zero-order valence-corrected chi connectivity index (χ0v) is 13.9. The first-order valence-electron chi connectivity index (χ1n) is 7.82. The topological polar surface area (TPSA) is 44.1 Å².